The number of benzene rings is 1. The Balaban J connectivity index is 1.73. The summed E-state index contributed by atoms with van der Waals surface area (Å²) in [5.74, 6) is 0.197. The Morgan fingerprint density at radius 3 is 2.65 bits per heavy atom. The van der Waals surface area contributed by atoms with Gasteiger partial charge in [-0.05, 0) is 49.2 Å². The summed E-state index contributed by atoms with van der Waals surface area (Å²) in [4.78, 5) is 30.8. The fourth-order valence-corrected chi connectivity index (χ4v) is 2.95. The van der Waals surface area contributed by atoms with Gasteiger partial charge < -0.3 is 10.2 Å². The third-order valence-electron chi connectivity index (χ3n) is 3.82. The van der Waals surface area contributed by atoms with Crippen LogP contribution in [0.1, 0.15) is 23.2 Å². The number of hydrogen-bond donors (Lipinski definition) is 1. The molecule has 0 bridgehead atoms. The predicted octanol–water partition coefficient (Wildman–Crippen LogP) is 3.09. The molecule has 1 fully saturated rings. The molecule has 1 aromatic carbocycles. The third kappa shape index (κ3) is 3.59. The maximum absolute atomic E-state index is 12.6. The molecule has 0 aliphatic carbocycles. The number of pyridine rings is 1. The van der Waals surface area contributed by atoms with E-state index < -0.39 is 6.04 Å². The van der Waals surface area contributed by atoms with Crippen molar-refractivity contribution in [2.24, 2.45) is 0 Å². The maximum Gasteiger partial charge on any atom is 0.254 e. The van der Waals surface area contributed by atoms with Crippen LogP contribution in [-0.2, 0) is 4.79 Å². The lowest BCUT2D eigenvalue weighted by molar-refractivity contribution is -0.119. The van der Waals surface area contributed by atoms with Crippen LogP contribution in [0.4, 0.5) is 5.82 Å². The average Bonchev–Trinajstić information content (AvgIpc) is 3.05. The lowest BCUT2D eigenvalue weighted by Gasteiger charge is -2.24. The molecule has 2 amide bonds. The molecule has 0 unspecified atom stereocenters. The van der Waals surface area contributed by atoms with Gasteiger partial charge in [-0.25, -0.2) is 4.98 Å². The summed E-state index contributed by atoms with van der Waals surface area (Å²) in [6, 6.07) is 12.0. The van der Waals surface area contributed by atoms with Crippen molar-refractivity contribution in [3.8, 4) is 0 Å². The van der Waals surface area contributed by atoms with E-state index in [1.807, 2.05) is 18.2 Å². The zero-order valence-corrected chi connectivity index (χ0v) is 14.0. The number of halogens is 1. The van der Waals surface area contributed by atoms with E-state index in [-0.39, 0.29) is 11.8 Å². The summed E-state index contributed by atoms with van der Waals surface area (Å²) in [5.41, 5.74) is 0.589. The van der Waals surface area contributed by atoms with Gasteiger partial charge in [0.2, 0.25) is 5.91 Å². The van der Waals surface area contributed by atoms with E-state index in [0.717, 1.165) is 10.9 Å². The first kappa shape index (κ1) is 15.7. The standard InChI is InChI=1S/C17H16BrN3O2/c18-13-8-6-12(7-9-13)17(23)21-11-3-4-14(21)16(22)20-15-5-1-2-10-19-15/h1-2,5-10,14H,3-4,11H2,(H,19,20,22)/t14-/m0/s1. The first-order valence-electron chi connectivity index (χ1n) is 7.43. The highest BCUT2D eigenvalue weighted by molar-refractivity contribution is 9.10. The first-order valence-corrected chi connectivity index (χ1v) is 8.23. The number of rotatable bonds is 3. The van der Waals surface area contributed by atoms with E-state index in [2.05, 4.69) is 26.2 Å². The molecule has 0 spiro atoms. The van der Waals surface area contributed by atoms with Crippen molar-refractivity contribution in [3.05, 3.63) is 58.7 Å². The van der Waals surface area contributed by atoms with Crippen LogP contribution in [0.3, 0.4) is 0 Å². The minimum Gasteiger partial charge on any atom is -0.327 e. The van der Waals surface area contributed by atoms with Crippen molar-refractivity contribution < 1.29 is 9.59 Å². The molecule has 2 aromatic rings. The van der Waals surface area contributed by atoms with Gasteiger partial charge in [0.25, 0.3) is 5.91 Å². The van der Waals surface area contributed by atoms with Gasteiger partial charge in [-0.2, -0.15) is 0 Å². The van der Waals surface area contributed by atoms with Gasteiger partial charge in [0, 0.05) is 22.8 Å². The van der Waals surface area contributed by atoms with Gasteiger partial charge >= 0.3 is 0 Å². The van der Waals surface area contributed by atoms with Crippen LogP contribution in [0, 0.1) is 0 Å². The predicted molar refractivity (Wildman–Crippen MR) is 91.1 cm³/mol. The van der Waals surface area contributed by atoms with Gasteiger partial charge in [-0.1, -0.05) is 22.0 Å². The molecule has 1 aliphatic rings. The highest BCUT2D eigenvalue weighted by Gasteiger charge is 2.34. The molecule has 3 rings (SSSR count). The SMILES string of the molecule is O=C(Nc1ccccn1)[C@@H]1CCCN1C(=O)c1ccc(Br)cc1. The van der Waals surface area contributed by atoms with E-state index in [4.69, 9.17) is 0 Å². The number of aromatic nitrogens is 1. The van der Waals surface area contributed by atoms with Crippen molar-refractivity contribution in [1.29, 1.82) is 0 Å². The quantitative estimate of drug-likeness (QED) is 0.898. The highest BCUT2D eigenvalue weighted by atomic mass is 79.9. The highest BCUT2D eigenvalue weighted by Crippen LogP contribution is 2.22. The second kappa shape index (κ2) is 6.91. The van der Waals surface area contributed by atoms with E-state index in [9.17, 15) is 9.59 Å². The fraction of sp³-hybridized carbons (Fsp3) is 0.235. The number of carbonyl (C=O) groups excluding carboxylic acids is 2. The van der Waals surface area contributed by atoms with Gasteiger partial charge in [-0.15, -0.1) is 0 Å². The number of hydrogen-bond acceptors (Lipinski definition) is 3. The summed E-state index contributed by atoms with van der Waals surface area (Å²) < 4.78 is 0.917. The van der Waals surface area contributed by atoms with Crippen molar-refractivity contribution in [1.82, 2.24) is 9.88 Å². The van der Waals surface area contributed by atoms with Gasteiger partial charge in [0.05, 0.1) is 0 Å². The van der Waals surface area contributed by atoms with Crippen LogP contribution in [-0.4, -0.2) is 34.3 Å². The molecular weight excluding hydrogens is 358 g/mol. The number of anilines is 1. The van der Waals surface area contributed by atoms with Crippen molar-refractivity contribution in [3.63, 3.8) is 0 Å². The van der Waals surface area contributed by atoms with Crippen LogP contribution < -0.4 is 5.32 Å². The molecule has 6 heteroatoms. The number of amides is 2. The van der Waals surface area contributed by atoms with E-state index >= 15 is 0 Å². The van der Waals surface area contributed by atoms with Gasteiger partial charge in [-0.3, -0.25) is 9.59 Å². The van der Waals surface area contributed by atoms with Crippen LogP contribution >= 0.6 is 15.9 Å². The topological polar surface area (TPSA) is 62.3 Å². The summed E-state index contributed by atoms with van der Waals surface area (Å²) in [7, 11) is 0. The Hall–Kier alpha value is -2.21. The number of nitrogens with one attached hydrogen (secondary N) is 1. The summed E-state index contributed by atoms with van der Waals surface area (Å²) in [5, 5.41) is 2.78. The molecule has 1 N–H and O–H groups in total. The first-order chi connectivity index (χ1) is 11.1. The van der Waals surface area contributed by atoms with E-state index in [1.54, 1.807) is 35.4 Å². The lowest BCUT2D eigenvalue weighted by Crippen LogP contribution is -2.43. The second-order valence-electron chi connectivity index (χ2n) is 5.37. The second-order valence-corrected chi connectivity index (χ2v) is 6.28. The fourth-order valence-electron chi connectivity index (χ4n) is 2.69. The van der Waals surface area contributed by atoms with Crippen LogP contribution in [0.2, 0.25) is 0 Å². The molecule has 118 valence electrons. The number of likely N-dealkylation sites (tertiary alicyclic amines) is 1. The average molecular weight is 374 g/mol. The normalized spacial score (nSPS) is 17.1. The van der Waals surface area contributed by atoms with Crippen molar-refractivity contribution in [2.45, 2.75) is 18.9 Å². The number of nitrogens with zero attached hydrogens (tertiary/aromatic N) is 2. The Kier molecular flexibility index (Phi) is 4.71. The van der Waals surface area contributed by atoms with Crippen LogP contribution in [0.15, 0.2) is 53.1 Å². The van der Waals surface area contributed by atoms with E-state index in [1.165, 1.54) is 0 Å². The molecule has 1 atom stereocenters. The molecule has 0 radical (unpaired) electrons. The summed E-state index contributed by atoms with van der Waals surface area (Å²) in [6.45, 7) is 0.592. The molecule has 1 aromatic heterocycles. The molecule has 1 saturated heterocycles. The molecule has 1 aliphatic heterocycles. The zero-order chi connectivity index (χ0) is 16.2. The molecule has 23 heavy (non-hydrogen) atoms. The van der Waals surface area contributed by atoms with Gasteiger partial charge in [0.1, 0.15) is 11.9 Å². The Morgan fingerprint density at radius 2 is 1.96 bits per heavy atom. The Morgan fingerprint density at radius 1 is 1.17 bits per heavy atom. The smallest absolute Gasteiger partial charge is 0.254 e. The van der Waals surface area contributed by atoms with Gasteiger partial charge in [0.15, 0.2) is 0 Å². The Bertz CT molecular complexity index is 704. The largest absolute Gasteiger partial charge is 0.327 e. The zero-order valence-electron chi connectivity index (χ0n) is 12.4. The molecule has 2 heterocycles. The summed E-state index contributed by atoms with van der Waals surface area (Å²) in [6.07, 6.45) is 3.11. The minimum atomic E-state index is -0.451. The number of carbonyl (C=O) groups is 2. The molecule has 0 saturated carbocycles. The maximum atomic E-state index is 12.6. The van der Waals surface area contributed by atoms with E-state index in [0.29, 0.717) is 24.3 Å². The Labute approximate surface area is 142 Å². The minimum absolute atomic E-state index is 0.115. The molecular formula is C17H16BrN3O2. The van der Waals surface area contributed by atoms with Crippen molar-refractivity contribution >= 4 is 33.6 Å². The van der Waals surface area contributed by atoms with Crippen LogP contribution in [0.25, 0.3) is 0 Å². The summed E-state index contributed by atoms with van der Waals surface area (Å²) >= 11 is 3.35. The van der Waals surface area contributed by atoms with Crippen molar-refractivity contribution in [2.75, 3.05) is 11.9 Å². The third-order valence-corrected chi connectivity index (χ3v) is 4.35. The van der Waals surface area contributed by atoms with Crippen LogP contribution in [0.5, 0.6) is 0 Å². The molecule has 5 nitrogen and oxygen atoms in total. The monoisotopic (exact) mass is 373 g/mol. The lowest BCUT2D eigenvalue weighted by atomic mass is 10.1.